The van der Waals surface area contributed by atoms with Crippen LogP contribution < -0.4 is 15.8 Å². The van der Waals surface area contributed by atoms with E-state index in [1.165, 1.54) is 22.5 Å². The van der Waals surface area contributed by atoms with Crippen LogP contribution >= 0.6 is 11.3 Å². The van der Waals surface area contributed by atoms with Gasteiger partial charge < -0.3 is 15.8 Å². The number of fused-ring (bicyclic) bond motifs is 1. The molecule has 3 aromatic carbocycles. The summed E-state index contributed by atoms with van der Waals surface area (Å²) in [6, 6.07) is 29.0. The molecule has 1 saturated heterocycles. The van der Waals surface area contributed by atoms with Crippen LogP contribution in [0.25, 0.3) is 32.6 Å². The number of likely N-dealkylation sites (tertiary alicyclic amines) is 1. The Balaban J connectivity index is 1.27. The summed E-state index contributed by atoms with van der Waals surface area (Å²) < 4.78 is 5.34. The number of benzene rings is 3. The third-order valence-electron chi connectivity index (χ3n) is 7.83. The maximum atomic E-state index is 13.6. The first-order chi connectivity index (χ1) is 20.0. The maximum absolute atomic E-state index is 13.6. The molecule has 0 radical (unpaired) electrons. The van der Waals surface area contributed by atoms with E-state index in [9.17, 15) is 4.79 Å². The van der Waals surface area contributed by atoms with Crippen LogP contribution in [-0.4, -0.2) is 42.0 Å². The molecule has 1 aliphatic heterocycles. The molecule has 5 aromatic rings. The van der Waals surface area contributed by atoms with Crippen LogP contribution in [0.5, 0.6) is 5.75 Å². The number of ether oxygens (including phenoxy) is 1. The van der Waals surface area contributed by atoms with Gasteiger partial charge in [-0.3, -0.25) is 9.69 Å². The van der Waals surface area contributed by atoms with Gasteiger partial charge in [0.15, 0.2) is 0 Å². The Kier molecular flexibility index (Phi) is 7.72. The molecule has 0 spiro atoms. The molecule has 208 valence electrons. The molecule has 7 heteroatoms. The summed E-state index contributed by atoms with van der Waals surface area (Å²) in [5, 5.41) is 4.10. The van der Waals surface area contributed by atoms with Crippen molar-refractivity contribution in [1.29, 1.82) is 0 Å². The van der Waals surface area contributed by atoms with Crippen LogP contribution in [0.3, 0.4) is 0 Å². The molecule has 6 nitrogen and oxygen atoms in total. The van der Waals surface area contributed by atoms with Gasteiger partial charge in [-0.1, -0.05) is 60.2 Å². The topological polar surface area (TPSA) is 80.5 Å². The largest absolute Gasteiger partial charge is 0.497 e. The molecule has 1 amide bonds. The molecule has 3 heterocycles. The highest BCUT2D eigenvalue weighted by atomic mass is 32.1. The third kappa shape index (κ3) is 5.82. The Labute approximate surface area is 244 Å². The average molecular weight is 563 g/mol. The first-order valence-electron chi connectivity index (χ1n) is 14.0. The van der Waals surface area contributed by atoms with E-state index >= 15 is 0 Å². The van der Waals surface area contributed by atoms with E-state index in [1.54, 1.807) is 7.11 Å². The van der Waals surface area contributed by atoms with Gasteiger partial charge in [-0.15, -0.1) is 11.3 Å². The predicted molar refractivity (Wildman–Crippen MR) is 168 cm³/mol. The number of nitrogens with zero attached hydrogens (tertiary/aromatic N) is 2. The molecule has 41 heavy (non-hydrogen) atoms. The number of anilines is 1. The summed E-state index contributed by atoms with van der Waals surface area (Å²) in [6.45, 7) is 4.91. The lowest BCUT2D eigenvalue weighted by atomic mass is 9.98. The van der Waals surface area contributed by atoms with Gasteiger partial charge in [0.1, 0.15) is 15.5 Å². The monoisotopic (exact) mass is 562 g/mol. The van der Waals surface area contributed by atoms with E-state index in [4.69, 9.17) is 15.5 Å². The second-order valence-corrected chi connectivity index (χ2v) is 11.7. The Morgan fingerprint density at radius 3 is 2.37 bits per heavy atom. The fraction of sp³-hybridized carbons (Fsp3) is 0.235. The van der Waals surface area contributed by atoms with Crippen LogP contribution in [0.1, 0.15) is 33.6 Å². The van der Waals surface area contributed by atoms with Crippen molar-refractivity contribution in [2.24, 2.45) is 0 Å². The molecule has 0 saturated carbocycles. The van der Waals surface area contributed by atoms with Gasteiger partial charge in [0.2, 0.25) is 0 Å². The van der Waals surface area contributed by atoms with E-state index in [0.29, 0.717) is 10.6 Å². The van der Waals surface area contributed by atoms with Crippen LogP contribution in [0.4, 0.5) is 5.69 Å². The van der Waals surface area contributed by atoms with Crippen molar-refractivity contribution in [3.8, 4) is 28.1 Å². The number of hydrogen-bond donors (Lipinski definition) is 2. The number of nitrogen functional groups attached to an aromatic ring is 1. The Hall–Kier alpha value is -4.20. The Morgan fingerprint density at radius 2 is 1.68 bits per heavy atom. The van der Waals surface area contributed by atoms with Crippen molar-refractivity contribution in [3.05, 3.63) is 101 Å². The Bertz CT molecular complexity index is 1660. The number of nitrogens with two attached hydrogens (primary N) is 1. The number of piperidine rings is 1. The predicted octanol–water partition coefficient (Wildman–Crippen LogP) is 6.92. The van der Waals surface area contributed by atoms with E-state index in [2.05, 4.69) is 71.7 Å². The van der Waals surface area contributed by atoms with Gasteiger partial charge in [-0.05, 0) is 66.8 Å². The van der Waals surface area contributed by atoms with Crippen molar-refractivity contribution in [2.75, 3.05) is 25.9 Å². The van der Waals surface area contributed by atoms with Crippen LogP contribution in [0, 0.1) is 6.92 Å². The second kappa shape index (κ2) is 11.7. The van der Waals surface area contributed by atoms with Crippen molar-refractivity contribution in [2.45, 2.75) is 32.4 Å². The number of hydrogen-bond acceptors (Lipinski definition) is 6. The summed E-state index contributed by atoms with van der Waals surface area (Å²) in [5.74, 6) is 0.673. The molecule has 1 fully saturated rings. The minimum atomic E-state index is -0.118. The highest BCUT2D eigenvalue weighted by Gasteiger charge is 2.25. The number of aryl methyl sites for hydroxylation is 1. The first-order valence-corrected chi connectivity index (χ1v) is 14.8. The third-order valence-corrected chi connectivity index (χ3v) is 8.92. The summed E-state index contributed by atoms with van der Waals surface area (Å²) in [5.41, 5.74) is 13.5. The Morgan fingerprint density at radius 1 is 1.00 bits per heavy atom. The lowest BCUT2D eigenvalue weighted by Crippen LogP contribution is -2.44. The highest BCUT2D eigenvalue weighted by Crippen LogP contribution is 2.41. The summed E-state index contributed by atoms with van der Waals surface area (Å²) >= 11 is 1.37. The zero-order valence-corrected chi connectivity index (χ0v) is 24.2. The number of aromatic nitrogens is 1. The number of amides is 1. The quantitative estimate of drug-likeness (QED) is 0.225. The number of rotatable bonds is 7. The zero-order valence-electron chi connectivity index (χ0n) is 23.4. The van der Waals surface area contributed by atoms with E-state index in [0.717, 1.165) is 70.8 Å². The van der Waals surface area contributed by atoms with Crippen molar-refractivity contribution in [3.63, 3.8) is 0 Å². The first kappa shape index (κ1) is 27.0. The zero-order chi connectivity index (χ0) is 28.3. The lowest BCUT2D eigenvalue weighted by molar-refractivity contribution is 0.0914. The van der Waals surface area contributed by atoms with Gasteiger partial charge in [-0.25, -0.2) is 4.98 Å². The average Bonchev–Trinajstić information content (AvgIpc) is 3.35. The smallest absolute Gasteiger partial charge is 0.263 e. The molecule has 1 aliphatic rings. The van der Waals surface area contributed by atoms with Crippen molar-refractivity contribution in [1.82, 2.24) is 15.2 Å². The number of methoxy groups -OCH3 is 1. The van der Waals surface area contributed by atoms with E-state index < -0.39 is 0 Å². The number of thiophene rings is 1. The molecule has 2 aromatic heterocycles. The highest BCUT2D eigenvalue weighted by molar-refractivity contribution is 7.21. The molecule has 3 N–H and O–H groups in total. The van der Waals surface area contributed by atoms with Crippen LogP contribution in [0.2, 0.25) is 0 Å². The van der Waals surface area contributed by atoms with Gasteiger partial charge >= 0.3 is 0 Å². The van der Waals surface area contributed by atoms with Crippen LogP contribution in [0.15, 0.2) is 84.9 Å². The molecular formula is C34H34N4O2S. The number of nitrogens with one attached hydrogen (secondary N) is 1. The van der Waals surface area contributed by atoms with Gasteiger partial charge in [0, 0.05) is 36.6 Å². The minimum absolute atomic E-state index is 0.118. The standard InChI is InChI=1S/C34H34N4O2S/c1-22-8-10-24(11-9-22)28-20-29(25-12-14-27(40-2)15-13-25)37-34-30(28)31(35)32(41-34)33(39)36-26-16-18-38(19-17-26)21-23-6-4-3-5-7-23/h3-15,20,26H,16-19,21,35H2,1-2H3,(H,36,39). The van der Waals surface area contributed by atoms with Gasteiger partial charge in [-0.2, -0.15) is 0 Å². The molecule has 0 aliphatic carbocycles. The molecular weight excluding hydrogens is 528 g/mol. The SMILES string of the molecule is COc1ccc(-c2cc(-c3ccc(C)cc3)c3c(N)c(C(=O)NC4CCN(Cc5ccccc5)CC4)sc3n2)cc1. The number of carbonyl (C=O) groups is 1. The maximum Gasteiger partial charge on any atom is 0.263 e. The summed E-state index contributed by atoms with van der Waals surface area (Å²) in [6.07, 6.45) is 1.83. The normalized spacial score (nSPS) is 14.3. The summed E-state index contributed by atoms with van der Waals surface area (Å²) in [7, 11) is 1.66. The second-order valence-electron chi connectivity index (χ2n) is 10.7. The minimum Gasteiger partial charge on any atom is -0.497 e. The molecule has 0 unspecified atom stereocenters. The summed E-state index contributed by atoms with van der Waals surface area (Å²) in [4.78, 5) is 22.3. The van der Waals surface area contributed by atoms with Crippen molar-refractivity contribution < 1.29 is 9.53 Å². The molecule has 0 atom stereocenters. The van der Waals surface area contributed by atoms with Gasteiger partial charge in [0.25, 0.3) is 5.91 Å². The number of carbonyl (C=O) groups excluding carboxylic acids is 1. The van der Waals surface area contributed by atoms with Crippen LogP contribution in [-0.2, 0) is 6.54 Å². The lowest BCUT2D eigenvalue weighted by Gasteiger charge is -2.32. The van der Waals surface area contributed by atoms with E-state index in [-0.39, 0.29) is 11.9 Å². The number of pyridine rings is 1. The molecule has 0 bridgehead atoms. The van der Waals surface area contributed by atoms with E-state index in [1.807, 2.05) is 30.3 Å². The fourth-order valence-electron chi connectivity index (χ4n) is 5.49. The molecule has 6 rings (SSSR count). The fourth-order valence-corrected chi connectivity index (χ4v) is 6.51. The van der Waals surface area contributed by atoms with Gasteiger partial charge in [0.05, 0.1) is 18.5 Å². The van der Waals surface area contributed by atoms with Crippen molar-refractivity contribution >= 4 is 33.1 Å².